The van der Waals surface area contributed by atoms with Gasteiger partial charge in [0.2, 0.25) is 0 Å². The third-order valence-electron chi connectivity index (χ3n) is 8.32. The fourth-order valence-electron chi connectivity index (χ4n) is 6.51. The van der Waals surface area contributed by atoms with Gasteiger partial charge in [0, 0.05) is 21.2 Å². The highest BCUT2D eigenvalue weighted by Gasteiger charge is 2.58. The zero-order valence-electron chi connectivity index (χ0n) is 21.7. The molecule has 1 saturated carbocycles. The average molecular weight is 527 g/mol. The van der Waals surface area contributed by atoms with Crippen LogP contribution < -0.4 is 21.2 Å². The normalized spacial score (nSPS) is 15.2. The van der Waals surface area contributed by atoms with Crippen LogP contribution in [0.3, 0.4) is 0 Å². The topological polar surface area (TPSA) is 34.1 Å². The molecule has 0 heterocycles. The largest absolute Gasteiger partial charge is 0.313 e. The van der Waals surface area contributed by atoms with Crippen molar-refractivity contribution in [1.82, 2.24) is 0 Å². The van der Waals surface area contributed by atoms with E-state index < -0.39 is 25.1 Å². The summed E-state index contributed by atoms with van der Waals surface area (Å²) in [4.78, 5) is 0. The van der Waals surface area contributed by atoms with Crippen LogP contribution in [0.4, 0.5) is 0 Å². The molecule has 0 aliphatic heterocycles. The first-order valence-corrected chi connectivity index (χ1v) is 16.9. The molecular formula is C33H36O2P2. The predicted octanol–water partition coefficient (Wildman–Crippen LogP) is 7.56. The monoisotopic (exact) mass is 526 g/mol. The van der Waals surface area contributed by atoms with Crippen LogP contribution in [-0.2, 0) is 9.13 Å². The average Bonchev–Trinajstić information content (AvgIpc) is 3.51. The van der Waals surface area contributed by atoms with E-state index >= 15 is 9.13 Å². The van der Waals surface area contributed by atoms with Crippen molar-refractivity contribution in [2.75, 3.05) is 0 Å². The lowest BCUT2D eigenvalue weighted by atomic mass is 9.79. The van der Waals surface area contributed by atoms with Crippen molar-refractivity contribution >= 4 is 35.5 Å². The second-order valence-electron chi connectivity index (χ2n) is 10.8. The molecule has 37 heavy (non-hydrogen) atoms. The number of benzene rings is 4. The molecule has 5 rings (SSSR count). The second-order valence-corrected chi connectivity index (χ2v) is 17.0. The van der Waals surface area contributed by atoms with E-state index in [1.807, 2.05) is 121 Å². The summed E-state index contributed by atoms with van der Waals surface area (Å²) >= 11 is 0. The SMILES string of the molecule is CC(C)(C1CCCC1)C(P(=O)(c1ccccc1)c1ccccc1)P(=O)(c1ccccc1)c1ccccc1. The Balaban J connectivity index is 1.91. The van der Waals surface area contributed by atoms with Crippen LogP contribution in [0, 0.1) is 11.3 Å². The summed E-state index contributed by atoms with van der Waals surface area (Å²) in [6, 6.07) is 39.3. The van der Waals surface area contributed by atoms with Crippen molar-refractivity contribution in [2.24, 2.45) is 11.3 Å². The predicted molar refractivity (Wildman–Crippen MR) is 159 cm³/mol. The Bertz CT molecular complexity index is 1210. The van der Waals surface area contributed by atoms with Gasteiger partial charge < -0.3 is 9.13 Å². The molecule has 190 valence electrons. The smallest absolute Gasteiger partial charge is 0.154 e. The quantitative estimate of drug-likeness (QED) is 0.222. The van der Waals surface area contributed by atoms with E-state index in [9.17, 15) is 0 Å². The van der Waals surface area contributed by atoms with E-state index in [1.165, 1.54) is 12.8 Å². The molecule has 0 amide bonds. The highest BCUT2D eigenvalue weighted by molar-refractivity contribution is 7.95. The minimum absolute atomic E-state index is 0.346. The van der Waals surface area contributed by atoms with E-state index in [4.69, 9.17) is 0 Å². The van der Waals surface area contributed by atoms with Gasteiger partial charge in [-0.15, -0.1) is 0 Å². The summed E-state index contributed by atoms with van der Waals surface area (Å²) in [5.41, 5.74) is -0.446. The minimum atomic E-state index is -3.42. The molecule has 4 heteroatoms. The van der Waals surface area contributed by atoms with Crippen LogP contribution in [0.25, 0.3) is 0 Å². The molecule has 0 aromatic heterocycles. The lowest BCUT2D eigenvalue weighted by molar-refractivity contribution is 0.233. The summed E-state index contributed by atoms with van der Waals surface area (Å²) < 4.78 is 32.3. The van der Waals surface area contributed by atoms with Crippen molar-refractivity contribution in [1.29, 1.82) is 0 Å². The Morgan fingerprint density at radius 2 is 0.811 bits per heavy atom. The third kappa shape index (κ3) is 4.60. The maximum Gasteiger partial charge on any atom is 0.154 e. The van der Waals surface area contributed by atoms with Gasteiger partial charge in [0.1, 0.15) is 0 Å². The van der Waals surface area contributed by atoms with E-state index in [0.29, 0.717) is 5.92 Å². The fraction of sp³-hybridized carbons (Fsp3) is 0.273. The Morgan fingerprint density at radius 1 is 0.541 bits per heavy atom. The zero-order valence-corrected chi connectivity index (χ0v) is 23.5. The molecule has 1 fully saturated rings. The summed E-state index contributed by atoms with van der Waals surface area (Å²) in [5.74, 6) is 0.346. The van der Waals surface area contributed by atoms with Gasteiger partial charge in [0.15, 0.2) is 14.3 Å². The number of hydrogen-bond acceptors (Lipinski definition) is 2. The lowest BCUT2D eigenvalue weighted by Crippen LogP contribution is -2.44. The van der Waals surface area contributed by atoms with Crippen LogP contribution in [0.15, 0.2) is 121 Å². The standard InChI is InChI=1S/C33H36O2P2/c1-33(2,27-17-15-16-18-27)32(36(34,28-19-7-3-8-20-28)29-21-9-4-10-22-29)37(35,30-23-11-5-12-24-30)31-25-13-6-14-26-31/h3-14,19-27,32H,15-18H2,1-2H3. The summed E-state index contributed by atoms with van der Waals surface area (Å²) in [6.07, 6.45) is 4.50. The summed E-state index contributed by atoms with van der Waals surface area (Å²) in [6.45, 7) is 4.48. The first kappa shape index (κ1) is 26.0. The molecule has 0 atom stereocenters. The third-order valence-corrected chi connectivity index (χ3v) is 17.2. The van der Waals surface area contributed by atoms with Crippen molar-refractivity contribution in [3.63, 3.8) is 0 Å². The highest BCUT2D eigenvalue weighted by Crippen LogP contribution is 2.73. The molecule has 1 aliphatic carbocycles. The van der Waals surface area contributed by atoms with Crippen molar-refractivity contribution in [3.8, 4) is 0 Å². The van der Waals surface area contributed by atoms with E-state index in [1.54, 1.807) is 0 Å². The Morgan fingerprint density at radius 3 is 1.08 bits per heavy atom. The van der Waals surface area contributed by atoms with Gasteiger partial charge in [-0.1, -0.05) is 148 Å². The van der Waals surface area contributed by atoms with Crippen LogP contribution in [0.2, 0.25) is 0 Å². The maximum absolute atomic E-state index is 16.1. The Hall–Kier alpha value is -2.66. The van der Waals surface area contributed by atoms with E-state index in [-0.39, 0.29) is 0 Å². The van der Waals surface area contributed by atoms with Gasteiger partial charge in [0.05, 0.1) is 5.40 Å². The highest BCUT2D eigenvalue weighted by atomic mass is 31.2. The first-order chi connectivity index (χ1) is 17.9. The molecule has 0 spiro atoms. The molecule has 0 radical (unpaired) electrons. The molecule has 2 nitrogen and oxygen atoms in total. The van der Waals surface area contributed by atoms with E-state index in [0.717, 1.165) is 34.1 Å². The zero-order chi connectivity index (χ0) is 25.9. The molecular weight excluding hydrogens is 490 g/mol. The van der Waals surface area contributed by atoms with Crippen LogP contribution in [-0.4, -0.2) is 5.40 Å². The second kappa shape index (κ2) is 10.6. The number of hydrogen-bond donors (Lipinski definition) is 0. The van der Waals surface area contributed by atoms with Crippen molar-refractivity contribution in [3.05, 3.63) is 121 Å². The fourth-order valence-corrected chi connectivity index (χ4v) is 16.4. The van der Waals surface area contributed by atoms with Gasteiger partial charge in [-0.2, -0.15) is 0 Å². The summed E-state index contributed by atoms with van der Waals surface area (Å²) in [7, 11) is -6.85. The Labute approximate surface area is 221 Å². The molecule has 0 saturated heterocycles. The molecule has 4 aromatic carbocycles. The van der Waals surface area contributed by atoms with Gasteiger partial charge in [-0.3, -0.25) is 0 Å². The molecule has 1 aliphatic rings. The first-order valence-electron chi connectivity index (χ1n) is 13.3. The lowest BCUT2D eigenvalue weighted by Gasteiger charge is -2.47. The molecule has 0 unspecified atom stereocenters. The molecule has 0 bridgehead atoms. The minimum Gasteiger partial charge on any atom is -0.313 e. The van der Waals surface area contributed by atoms with Gasteiger partial charge in [0.25, 0.3) is 0 Å². The van der Waals surface area contributed by atoms with Crippen molar-refractivity contribution in [2.45, 2.75) is 44.9 Å². The Kier molecular flexibility index (Phi) is 7.44. The molecule has 4 aromatic rings. The van der Waals surface area contributed by atoms with Crippen LogP contribution in [0.5, 0.6) is 0 Å². The van der Waals surface area contributed by atoms with Gasteiger partial charge in [-0.25, -0.2) is 0 Å². The molecule has 0 N–H and O–H groups in total. The van der Waals surface area contributed by atoms with Gasteiger partial charge in [-0.05, 0) is 24.2 Å². The van der Waals surface area contributed by atoms with E-state index in [2.05, 4.69) is 13.8 Å². The maximum atomic E-state index is 16.1. The van der Waals surface area contributed by atoms with Gasteiger partial charge >= 0.3 is 0 Å². The van der Waals surface area contributed by atoms with Crippen LogP contribution in [0.1, 0.15) is 39.5 Å². The number of rotatable bonds is 8. The summed E-state index contributed by atoms with van der Waals surface area (Å²) in [5, 5.41) is 2.53. The van der Waals surface area contributed by atoms with Crippen LogP contribution >= 0.6 is 14.3 Å². The van der Waals surface area contributed by atoms with Crippen molar-refractivity contribution < 1.29 is 9.13 Å².